The van der Waals surface area contributed by atoms with E-state index in [2.05, 4.69) is 31.3 Å². The van der Waals surface area contributed by atoms with Crippen LogP contribution in [0.3, 0.4) is 0 Å². The lowest BCUT2D eigenvalue weighted by Gasteiger charge is -2.33. The molecule has 5 rings (SSSR count). The molecule has 34 heavy (non-hydrogen) atoms. The summed E-state index contributed by atoms with van der Waals surface area (Å²) in [4.78, 5) is 20.7. The van der Waals surface area contributed by atoms with E-state index >= 15 is 0 Å². The molecule has 0 unspecified atom stereocenters. The van der Waals surface area contributed by atoms with E-state index < -0.39 is 0 Å². The molecule has 1 atom stereocenters. The molecule has 5 nitrogen and oxygen atoms in total. The maximum atomic E-state index is 13.8. The molecule has 174 valence electrons. The number of rotatable bonds is 4. The SMILES string of the molecule is CC(C)(C)[C@H]1CCc2c(sc3nc(NN=Cc4ccc(F)cc4)n(-c4ccccc4)c(=O)c23)C1. The molecule has 0 fully saturated rings. The predicted octanol–water partition coefficient (Wildman–Crippen LogP) is 6.18. The molecule has 4 aromatic rings. The van der Waals surface area contributed by atoms with Crippen LogP contribution in [0.4, 0.5) is 10.3 Å². The van der Waals surface area contributed by atoms with Crippen molar-refractivity contribution in [1.82, 2.24) is 9.55 Å². The zero-order chi connectivity index (χ0) is 23.9. The van der Waals surface area contributed by atoms with Gasteiger partial charge >= 0.3 is 0 Å². The average molecular weight is 475 g/mol. The first kappa shape index (κ1) is 22.5. The summed E-state index contributed by atoms with van der Waals surface area (Å²) in [5, 5.41) is 5.01. The quantitative estimate of drug-likeness (QED) is 0.284. The van der Waals surface area contributed by atoms with Gasteiger partial charge in [-0.1, -0.05) is 51.1 Å². The van der Waals surface area contributed by atoms with Crippen molar-refractivity contribution in [3.05, 3.63) is 86.8 Å². The molecule has 0 radical (unpaired) electrons. The fourth-order valence-corrected chi connectivity index (χ4v) is 5.86. The van der Waals surface area contributed by atoms with E-state index in [1.54, 1.807) is 34.3 Å². The minimum absolute atomic E-state index is 0.0811. The second-order valence-corrected chi connectivity index (χ2v) is 10.9. The number of halogens is 1. The molecule has 0 amide bonds. The molecule has 0 bridgehead atoms. The van der Waals surface area contributed by atoms with Crippen molar-refractivity contribution in [1.29, 1.82) is 0 Å². The number of anilines is 1. The number of nitrogens with one attached hydrogen (secondary N) is 1. The van der Waals surface area contributed by atoms with Crippen molar-refractivity contribution in [3.8, 4) is 5.69 Å². The third kappa shape index (κ3) is 4.28. The molecule has 2 aromatic heterocycles. The van der Waals surface area contributed by atoms with Crippen molar-refractivity contribution >= 4 is 33.7 Å². The van der Waals surface area contributed by atoms with Gasteiger partial charge in [-0.2, -0.15) is 5.10 Å². The summed E-state index contributed by atoms with van der Waals surface area (Å²) in [6.45, 7) is 6.87. The Morgan fingerprint density at radius 1 is 1.15 bits per heavy atom. The van der Waals surface area contributed by atoms with Gasteiger partial charge in [0.15, 0.2) is 0 Å². The minimum atomic E-state index is -0.300. The zero-order valence-corrected chi connectivity index (χ0v) is 20.3. The molecule has 2 aromatic carbocycles. The molecule has 1 N–H and O–H groups in total. The van der Waals surface area contributed by atoms with Crippen molar-refractivity contribution in [2.24, 2.45) is 16.4 Å². The molecule has 0 spiro atoms. The second-order valence-electron chi connectivity index (χ2n) is 9.82. The topological polar surface area (TPSA) is 59.3 Å². The minimum Gasteiger partial charge on any atom is -0.268 e. The van der Waals surface area contributed by atoms with Crippen LogP contribution in [0, 0.1) is 17.2 Å². The molecule has 7 heteroatoms. The lowest BCUT2D eigenvalue weighted by Crippen LogP contribution is -2.27. The van der Waals surface area contributed by atoms with Gasteiger partial charge in [-0.25, -0.2) is 19.4 Å². The van der Waals surface area contributed by atoms with E-state index in [0.29, 0.717) is 11.9 Å². The Labute approximate surface area is 202 Å². The van der Waals surface area contributed by atoms with Gasteiger partial charge in [0.2, 0.25) is 5.95 Å². The first-order valence-electron chi connectivity index (χ1n) is 11.5. The molecular formula is C27H27FN4OS. The van der Waals surface area contributed by atoms with Crippen LogP contribution in [0.25, 0.3) is 15.9 Å². The molecular weight excluding hydrogens is 447 g/mol. The lowest BCUT2D eigenvalue weighted by atomic mass is 9.72. The highest BCUT2D eigenvalue weighted by Gasteiger charge is 2.32. The van der Waals surface area contributed by atoms with Crippen LogP contribution in [-0.4, -0.2) is 15.8 Å². The number of aryl methyl sites for hydroxylation is 1. The number of hydrazone groups is 1. The highest BCUT2D eigenvalue weighted by atomic mass is 32.1. The normalized spacial score (nSPS) is 16.2. The van der Waals surface area contributed by atoms with E-state index in [1.165, 1.54) is 17.0 Å². The van der Waals surface area contributed by atoms with Gasteiger partial charge in [0.1, 0.15) is 10.6 Å². The largest absolute Gasteiger partial charge is 0.268 e. The summed E-state index contributed by atoms with van der Waals surface area (Å²) in [5.74, 6) is 0.640. The summed E-state index contributed by atoms with van der Waals surface area (Å²) >= 11 is 1.63. The molecule has 0 saturated carbocycles. The van der Waals surface area contributed by atoms with Crippen LogP contribution in [0.1, 0.15) is 43.2 Å². The fourth-order valence-electron chi connectivity index (χ4n) is 4.57. The van der Waals surface area contributed by atoms with E-state index in [9.17, 15) is 9.18 Å². The summed E-state index contributed by atoms with van der Waals surface area (Å²) in [7, 11) is 0. The van der Waals surface area contributed by atoms with Gasteiger partial charge in [-0.3, -0.25) is 4.79 Å². The summed E-state index contributed by atoms with van der Waals surface area (Å²) in [6.07, 6.45) is 4.54. The van der Waals surface area contributed by atoms with Crippen LogP contribution < -0.4 is 11.0 Å². The summed E-state index contributed by atoms with van der Waals surface area (Å²) < 4.78 is 14.8. The van der Waals surface area contributed by atoms with Gasteiger partial charge in [-0.05, 0) is 66.0 Å². The van der Waals surface area contributed by atoms with Gasteiger partial charge < -0.3 is 0 Å². The average Bonchev–Trinajstić information content (AvgIpc) is 3.18. The predicted molar refractivity (Wildman–Crippen MR) is 138 cm³/mol. The first-order chi connectivity index (χ1) is 16.3. The number of benzene rings is 2. The molecule has 2 heterocycles. The Hall–Kier alpha value is -3.32. The van der Waals surface area contributed by atoms with Crippen LogP contribution in [0.2, 0.25) is 0 Å². The van der Waals surface area contributed by atoms with Gasteiger partial charge in [0.25, 0.3) is 5.56 Å². The third-order valence-electron chi connectivity index (χ3n) is 6.57. The summed E-state index contributed by atoms with van der Waals surface area (Å²) in [5.41, 5.74) is 5.73. The number of thiophene rings is 1. The van der Waals surface area contributed by atoms with E-state index in [-0.39, 0.29) is 16.8 Å². The van der Waals surface area contributed by atoms with E-state index in [0.717, 1.165) is 46.3 Å². The Balaban J connectivity index is 1.60. The highest BCUT2D eigenvalue weighted by Crippen LogP contribution is 2.42. The second kappa shape index (κ2) is 8.80. The maximum absolute atomic E-state index is 13.8. The standard InChI is InChI=1S/C27H27FN4OS/c1-27(2,3)18-11-14-21-22(15-18)34-24-23(21)25(33)32(20-7-5-4-6-8-20)26(30-24)31-29-16-17-9-12-19(28)13-10-17/h4-10,12-13,16,18H,11,14-15H2,1-3H3,(H,30,31)/t18-/m0/s1. The number of nitrogens with zero attached hydrogens (tertiary/aromatic N) is 3. The Morgan fingerprint density at radius 2 is 1.88 bits per heavy atom. The Morgan fingerprint density at radius 3 is 2.59 bits per heavy atom. The van der Waals surface area contributed by atoms with Crippen molar-refractivity contribution < 1.29 is 4.39 Å². The van der Waals surface area contributed by atoms with E-state index in [1.807, 2.05) is 30.3 Å². The highest BCUT2D eigenvalue weighted by molar-refractivity contribution is 7.18. The maximum Gasteiger partial charge on any atom is 0.268 e. The molecule has 0 saturated heterocycles. The number of aromatic nitrogens is 2. The molecule has 1 aliphatic carbocycles. The van der Waals surface area contributed by atoms with Crippen LogP contribution in [-0.2, 0) is 12.8 Å². The molecule has 1 aliphatic rings. The van der Waals surface area contributed by atoms with Crippen molar-refractivity contribution in [2.45, 2.75) is 40.0 Å². The van der Waals surface area contributed by atoms with E-state index in [4.69, 9.17) is 4.98 Å². The van der Waals surface area contributed by atoms with Crippen molar-refractivity contribution in [2.75, 3.05) is 5.43 Å². The van der Waals surface area contributed by atoms with Crippen LogP contribution >= 0.6 is 11.3 Å². The first-order valence-corrected chi connectivity index (χ1v) is 12.3. The fraction of sp³-hybridized carbons (Fsp3) is 0.296. The Bertz CT molecular complexity index is 1420. The van der Waals surface area contributed by atoms with Gasteiger partial charge in [0.05, 0.1) is 17.3 Å². The third-order valence-corrected chi connectivity index (χ3v) is 7.72. The molecule has 0 aliphatic heterocycles. The summed E-state index contributed by atoms with van der Waals surface area (Å²) in [6, 6.07) is 15.5. The zero-order valence-electron chi connectivity index (χ0n) is 19.5. The number of hydrogen-bond donors (Lipinski definition) is 1. The monoisotopic (exact) mass is 474 g/mol. The number of para-hydroxylation sites is 1. The Kier molecular flexibility index (Phi) is 5.81. The number of fused-ring (bicyclic) bond motifs is 3. The van der Waals surface area contributed by atoms with Crippen LogP contribution in [0.15, 0.2) is 64.5 Å². The smallest absolute Gasteiger partial charge is 0.268 e. The lowest BCUT2D eigenvalue weighted by molar-refractivity contribution is 0.218. The van der Waals surface area contributed by atoms with Crippen molar-refractivity contribution in [3.63, 3.8) is 0 Å². The van der Waals surface area contributed by atoms with Gasteiger partial charge in [-0.15, -0.1) is 11.3 Å². The van der Waals surface area contributed by atoms with Crippen LogP contribution in [0.5, 0.6) is 0 Å². The van der Waals surface area contributed by atoms with Gasteiger partial charge in [0, 0.05) is 4.88 Å². The number of hydrogen-bond acceptors (Lipinski definition) is 5.